The molecule has 0 radical (unpaired) electrons. The average molecular weight is 241 g/mol. The van der Waals surface area contributed by atoms with Crippen molar-refractivity contribution >= 4 is 0 Å². The maximum atomic E-state index is 5.92. The van der Waals surface area contributed by atoms with Gasteiger partial charge < -0.3 is 15.4 Å². The second kappa shape index (κ2) is 5.65. The van der Waals surface area contributed by atoms with Crippen LogP contribution >= 0.6 is 0 Å². The number of nitrogens with two attached hydrogens (primary N) is 1. The first-order valence-electron chi connectivity index (χ1n) is 6.89. The zero-order chi connectivity index (χ0) is 12.3. The SMILES string of the molecule is CC1(C)CN(CCN2CCC(N)CC2)CCO1. The minimum atomic E-state index is 0.0303. The van der Waals surface area contributed by atoms with Crippen LogP contribution in [0, 0.1) is 0 Å². The van der Waals surface area contributed by atoms with E-state index in [1.54, 1.807) is 0 Å². The van der Waals surface area contributed by atoms with Crippen molar-refractivity contribution in [2.75, 3.05) is 45.9 Å². The van der Waals surface area contributed by atoms with Gasteiger partial charge in [-0.3, -0.25) is 4.90 Å². The fraction of sp³-hybridized carbons (Fsp3) is 1.00. The Morgan fingerprint density at radius 2 is 1.76 bits per heavy atom. The minimum Gasteiger partial charge on any atom is -0.373 e. The van der Waals surface area contributed by atoms with Crippen LogP contribution in [0.2, 0.25) is 0 Å². The monoisotopic (exact) mass is 241 g/mol. The first-order valence-corrected chi connectivity index (χ1v) is 6.89. The first kappa shape index (κ1) is 13.3. The second-order valence-corrected chi connectivity index (χ2v) is 6.06. The highest BCUT2D eigenvalue weighted by atomic mass is 16.5. The molecule has 2 heterocycles. The Morgan fingerprint density at radius 1 is 1.12 bits per heavy atom. The Balaban J connectivity index is 1.68. The molecule has 0 aromatic carbocycles. The van der Waals surface area contributed by atoms with Gasteiger partial charge in [0.2, 0.25) is 0 Å². The molecule has 2 N–H and O–H groups in total. The lowest BCUT2D eigenvalue weighted by Crippen LogP contribution is -2.51. The van der Waals surface area contributed by atoms with E-state index in [1.165, 1.54) is 26.2 Å². The molecule has 2 rings (SSSR count). The van der Waals surface area contributed by atoms with Gasteiger partial charge in [-0.15, -0.1) is 0 Å². The molecule has 100 valence electrons. The molecule has 0 bridgehead atoms. The lowest BCUT2D eigenvalue weighted by Gasteiger charge is -2.39. The van der Waals surface area contributed by atoms with Gasteiger partial charge in [0, 0.05) is 32.2 Å². The summed E-state index contributed by atoms with van der Waals surface area (Å²) < 4.78 is 5.73. The lowest BCUT2D eigenvalue weighted by atomic mass is 10.1. The summed E-state index contributed by atoms with van der Waals surface area (Å²) in [6.07, 6.45) is 2.32. The van der Waals surface area contributed by atoms with E-state index in [1.807, 2.05) is 0 Å². The summed E-state index contributed by atoms with van der Waals surface area (Å²) in [4.78, 5) is 5.07. The summed E-state index contributed by atoms with van der Waals surface area (Å²) in [5.74, 6) is 0. The Morgan fingerprint density at radius 3 is 2.41 bits per heavy atom. The number of ether oxygens (including phenoxy) is 1. The largest absolute Gasteiger partial charge is 0.373 e. The van der Waals surface area contributed by atoms with Crippen LogP contribution in [0.5, 0.6) is 0 Å². The third-order valence-electron chi connectivity index (χ3n) is 3.87. The van der Waals surface area contributed by atoms with E-state index in [4.69, 9.17) is 10.5 Å². The zero-order valence-corrected chi connectivity index (χ0v) is 11.3. The zero-order valence-electron chi connectivity index (χ0n) is 11.3. The molecule has 0 unspecified atom stereocenters. The number of rotatable bonds is 3. The first-order chi connectivity index (χ1) is 8.05. The Hall–Kier alpha value is -0.160. The van der Waals surface area contributed by atoms with Crippen molar-refractivity contribution in [1.82, 2.24) is 9.80 Å². The van der Waals surface area contributed by atoms with E-state index in [0.717, 1.165) is 32.5 Å². The van der Waals surface area contributed by atoms with Gasteiger partial charge in [0.25, 0.3) is 0 Å². The summed E-state index contributed by atoms with van der Waals surface area (Å²) in [5, 5.41) is 0. The van der Waals surface area contributed by atoms with E-state index in [-0.39, 0.29) is 5.60 Å². The van der Waals surface area contributed by atoms with Gasteiger partial charge in [0.1, 0.15) is 0 Å². The lowest BCUT2D eigenvalue weighted by molar-refractivity contribution is -0.0872. The van der Waals surface area contributed by atoms with Crippen molar-refractivity contribution in [3.63, 3.8) is 0 Å². The van der Waals surface area contributed by atoms with Crippen molar-refractivity contribution in [1.29, 1.82) is 0 Å². The third kappa shape index (κ3) is 4.21. The van der Waals surface area contributed by atoms with E-state index < -0.39 is 0 Å². The molecule has 0 aliphatic carbocycles. The topological polar surface area (TPSA) is 41.7 Å². The molecule has 0 atom stereocenters. The molecular weight excluding hydrogens is 214 g/mol. The highest BCUT2D eigenvalue weighted by Crippen LogP contribution is 2.16. The van der Waals surface area contributed by atoms with Crippen molar-refractivity contribution in [2.24, 2.45) is 5.73 Å². The summed E-state index contributed by atoms with van der Waals surface area (Å²) in [7, 11) is 0. The molecule has 2 saturated heterocycles. The highest BCUT2D eigenvalue weighted by Gasteiger charge is 2.27. The fourth-order valence-corrected chi connectivity index (χ4v) is 2.76. The standard InChI is InChI=1S/C13H27N3O/c1-13(2)11-16(9-10-17-13)8-7-15-5-3-12(14)4-6-15/h12H,3-11,14H2,1-2H3. The maximum Gasteiger partial charge on any atom is 0.0753 e. The van der Waals surface area contributed by atoms with E-state index in [2.05, 4.69) is 23.6 Å². The van der Waals surface area contributed by atoms with Gasteiger partial charge >= 0.3 is 0 Å². The van der Waals surface area contributed by atoms with Gasteiger partial charge in [-0.2, -0.15) is 0 Å². The quantitative estimate of drug-likeness (QED) is 0.782. The predicted octanol–water partition coefficient (Wildman–Crippen LogP) is 0.520. The third-order valence-corrected chi connectivity index (χ3v) is 3.87. The van der Waals surface area contributed by atoms with Gasteiger partial charge in [0.15, 0.2) is 0 Å². The molecule has 0 aromatic rings. The molecule has 0 amide bonds. The molecule has 0 saturated carbocycles. The van der Waals surface area contributed by atoms with Crippen LogP contribution in [0.4, 0.5) is 0 Å². The van der Waals surface area contributed by atoms with Crippen molar-refractivity contribution < 1.29 is 4.74 Å². The number of piperidine rings is 1. The normalized spacial score (nSPS) is 28.4. The smallest absolute Gasteiger partial charge is 0.0753 e. The van der Waals surface area contributed by atoms with Gasteiger partial charge in [0.05, 0.1) is 12.2 Å². The summed E-state index contributed by atoms with van der Waals surface area (Å²) in [6, 6.07) is 0.438. The number of likely N-dealkylation sites (tertiary alicyclic amines) is 1. The summed E-state index contributed by atoms with van der Waals surface area (Å²) in [6.45, 7) is 12.1. The molecule has 2 aliphatic heterocycles. The Labute approximate surface area is 105 Å². The van der Waals surface area contributed by atoms with Crippen LogP contribution in [0.15, 0.2) is 0 Å². The molecular formula is C13H27N3O. The Kier molecular flexibility index (Phi) is 4.42. The summed E-state index contributed by atoms with van der Waals surface area (Å²) >= 11 is 0. The van der Waals surface area contributed by atoms with Crippen LogP contribution in [0.25, 0.3) is 0 Å². The number of morpholine rings is 1. The summed E-state index contributed by atoms with van der Waals surface area (Å²) in [5.41, 5.74) is 5.95. The molecule has 0 aromatic heterocycles. The van der Waals surface area contributed by atoms with Gasteiger partial charge in [-0.25, -0.2) is 0 Å². The van der Waals surface area contributed by atoms with Gasteiger partial charge in [-0.05, 0) is 39.8 Å². The van der Waals surface area contributed by atoms with E-state index in [9.17, 15) is 0 Å². The molecule has 17 heavy (non-hydrogen) atoms. The van der Waals surface area contributed by atoms with E-state index >= 15 is 0 Å². The predicted molar refractivity (Wildman–Crippen MR) is 70.1 cm³/mol. The molecule has 0 spiro atoms. The molecule has 2 aliphatic rings. The minimum absolute atomic E-state index is 0.0303. The molecule has 4 heteroatoms. The van der Waals surface area contributed by atoms with Crippen LogP contribution in [-0.2, 0) is 4.74 Å². The van der Waals surface area contributed by atoms with Crippen molar-refractivity contribution in [3.05, 3.63) is 0 Å². The van der Waals surface area contributed by atoms with Gasteiger partial charge in [-0.1, -0.05) is 0 Å². The number of hydrogen-bond acceptors (Lipinski definition) is 4. The second-order valence-electron chi connectivity index (χ2n) is 6.06. The average Bonchev–Trinajstić information content (AvgIpc) is 2.27. The van der Waals surface area contributed by atoms with Crippen LogP contribution < -0.4 is 5.73 Å². The van der Waals surface area contributed by atoms with Crippen LogP contribution in [0.1, 0.15) is 26.7 Å². The van der Waals surface area contributed by atoms with Crippen LogP contribution in [0.3, 0.4) is 0 Å². The Bertz CT molecular complexity index is 237. The fourth-order valence-electron chi connectivity index (χ4n) is 2.76. The highest BCUT2D eigenvalue weighted by molar-refractivity contribution is 4.80. The van der Waals surface area contributed by atoms with Crippen molar-refractivity contribution in [3.8, 4) is 0 Å². The molecule has 4 nitrogen and oxygen atoms in total. The van der Waals surface area contributed by atoms with E-state index in [0.29, 0.717) is 6.04 Å². The maximum absolute atomic E-state index is 5.92. The van der Waals surface area contributed by atoms with Crippen molar-refractivity contribution in [2.45, 2.75) is 38.3 Å². The molecule has 2 fully saturated rings. The number of nitrogens with zero attached hydrogens (tertiary/aromatic N) is 2. The van der Waals surface area contributed by atoms with Crippen LogP contribution in [-0.4, -0.2) is 67.3 Å². The number of hydrogen-bond donors (Lipinski definition) is 1.